The van der Waals surface area contributed by atoms with Gasteiger partial charge in [-0.15, -0.1) is 0 Å². The number of piperazine rings is 1. The lowest BCUT2D eigenvalue weighted by Crippen LogP contribution is -2.48. The van der Waals surface area contributed by atoms with Crippen molar-refractivity contribution in [2.24, 2.45) is 0 Å². The van der Waals surface area contributed by atoms with E-state index in [1.807, 2.05) is 24.4 Å². The molecule has 0 spiro atoms. The minimum absolute atomic E-state index is 0.138. The summed E-state index contributed by atoms with van der Waals surface area (Å²) < 4.78 is 28.2. The summed E-state index contributed by atoms with van der Waals surface area (Å²) in [5.41, 5.74) is 4.11. The predicted molar refractivity (Wildman–Crippen MR) is 141 cm³/mol. The molecular formula is C28H30ClF2N5. The largest absolute Gasteiger partial charge is 0.344 e. The molecule has 0 saturated carbocycles. The van der Waals surface area contributed by atoms with Crippen LogP contribution >= 0.6 is 11.6 Å². The van der Waals surface area contributed by atoms with Crippen LogP contribution in [0.3, 0.4) is 0 Å². The molecule has 36 heavy (non-hydrogen) atoms. The molecule has 0 atom stereocenters. The Balaban J connectivity index is 1.31. The zero-order valence-electron chi connectivity index (χ0n) is 20.6. The van der Waals surface area contributed by atoms with E-state index in [2.05, 4.69) is 44.7 Å². The zero-order chi connectivity index (χ0) is 25.2. The highest BCUT2D eigenvalue weighted by molar-refractivity contribution is 6.31. The lowest BCUT2D eigenvalue weighted by atomic mass is 10.0. The summed E-state index contributed by atoms with van der Waals surface area (Å²) in [4.78, 5) is 17.1. The third-order valence-corrected chi connectivity index (χ3v) is 7.30. The van der Waals surface area contributed by atoms with E-state index >= 15 is 0 Å². The lowest BCUT2D eigenvalue weighted by molar-refractivity contribution is 0.108. The van der Waals surface area contributed by atoms with Gasteiger partial charge >= 0.3 is 0 Å². The molecule has 0 amide bonds. The number of benzene rings is 2. The fourth-order valence-corrected chi connectivity index (χ4v) is 5.07. The third kappa shape index (κ3) is 5.28. The van der Waals surface area contributed by atoms with Gasteiger partial charge in [-0.3, -0.25) is 9.88 Å². The molecule has 2 aromatic heterocycles. The van der Waals surface area contributed by atoms with Gasteiger partial charge in [0.25, 0.3) is 0 Å². The van der Waals surface area contributed by atoms with E-state index in [1.165, 1.54) is 18.0 Å². The smallest absolute Gasteiger partial charge is 0.144 e. The molecule has 5 nitrogen and oxygen atoms in total. The number of fused-ring (bicyclic) bond motifs is 1. The van der Waals surface area contributed by atoms with E-state index in [0.29, 0.717) is 17.4 Å². The van der Waals surface area contributed by atoms with Gasteiger partial charge in [0.15, 0.2) is 0 Å². The number of pyridine rings is 1. The minimum atomic E-state index is -0.791. The number of rotatable bonds is 7. The SMILES string of the molecule is CC(C)N1CCN(CCCc2cnc3ccc(-c4nc[nH]c4-c4cc(Cl)c(F)cc4F)cc3c2)CC1. The molecule has 1 aliphatic rings. The Kier molecular flexibility index (Phi) is 7.32. The Morgan fingerprint density at radius 3 is 2.58 bits per heavy atom. The van der Waals surface area contributed by atoms with E-state index in [0.717, 1.165) is 68.1 Å². The van der Waals surface area contributed by atoms with Crippen LogP contribution in [0.4, 0.5) is 8.78 Å². The van der Waals surface area contributed by atoms with Gasteiger partial charge in [0.2, 0.25) is 0 Å². The number of hydrogen-bond acceptors (Lipinski definition) is 4. The van der Waals surface area contributed by atoms with Crippen molar-refractivity contribution >= 4 is 22.5 Å². The van der Waals surface area contributed by atoms with Crippen LogP contribution in [0.2, 0.25) is 5.02 Å². The number of aromatic amines is 1. The topological polar surface area (TPSA) is 48.1 Å². The average molecular weight is 510 g/mol. The molecule has 1 fully saturated rings. The maximum atomic E-state index is 14.5. The van der Waals surface area contributed by atoms with Crippen molar-refractivity contribution in [1.82, 2.24) is 24.8 Å². The number of hydrogen-bond donors (Lipinski definition) is 1. The maximum absolute atomic E-state index is 14.5. The Hall–Kier alpha value is -2.87. The molecule has 4 aromatic rings. The summed E-state index contributed by atoms with van der Waals surface area (Å²) in [5, 5.41) is 0.864. The van der Waals surface area contributed by atoms with Crippen molar-refractivity contribution in [3.05, 3.63) is 71.1 Å². The second kappa shape index (κ2) is 10.6. The van der Waals surface area contributed by atoms with Crippen LogP contribution in [0.25, 0.3) is 33.4 Å². The Morgan fingerprint density at radius 2 is 1.81 bits per heavy atom. The number of nitrogens with one attached hydrogen (secondary N) is 1. The van der Waals surface area contributed by atoms with E-state index in [4.69, 9.17) is 11.6 Å². The molecule has 188 valence electrons. The molecule has 8 heteroatoms. The second-order valence-corrected chi connectivity index (χ2v) is 10.1. The number of nitrogens with zero attached hydrogens (tertiary/aromatic N) is 4. The summed E-state index contributed by atoms with van der Waals surface area (Å²) in [5.74, 6) is -1.49. The van der Waals surface area contributed by atoms with Gasteiger partial charge < -0.3 is 9.88 Å². The number of imidazole rings is 1. The average Bonchev–Trinajstić information content (AvgIpc) is 3.36. The summed E-state index contributed by atoms with van der Waals surface area (Å²) in [7, 11) is 0. The maximum Gasteiger partial charge on any atom is 0.144 e. The van der Waals surface area contributed by atoms with Crippen molar-refractivity contribution in [1.29, 1.82) is 0 Å². The monoisotopic (exact) mass is 509 g/mol. The van der Waals surface area contributed by atoms with Crippen molar-refractivity contribution < 1.29 is 8.78 Å². The molecule has 1 saturated heterocycles. The fraction of sp³-hybridized carbons (Fsp3) is 0.357. The van der Waals surface area contributed by atoms with E-state index in [9.17, 15) is 8.78 Å². The van der Waals surface area contributed by atoms with Gasteiger partial charge in [0, 0.05) is 61.0 Å². The molecule has 5 rings (SSSR count). The van der Waals surface area contributed by atoms with Crippen LogP contribution < -0.4 is 0 Å². The van der Waals surface area contributed by atoms with Gasteiger partial charge in [-0.05, 0) is 63.1 Å². The van der Waals surface area contributed by atoms with Crippen LogP contribution in [0, 0.1) is 11.6 Å². The summed E-state index contributed by atoms with van der Waals surface area (Å²) in [6.07, 6.45) is 5.50. The van der Waals surface area contributed by atoms with E-state index < -0.39 is 11.6 Å². The van der Waals surface area contributed by atoms with Gasteiger partial charge in [-0.25, -0.2) is 13.8 Å². The first kappa shape index (κ1) is 24.8. The highest BCUT2D eigenvalue weighted by Crippen LogP contribution is 2.34. The Morgan fingerprint density at radius 1 is 1.00 bits per heavy atom. The summed E-state index contributed by atoms with van der Waals surface area (Å²) in [6.45, 7) is 10.1. The van der Waals surface area contributed by atoms with Gasteiger partial charge in [-0.2, -0.15) is 0 Å². The highest BCUT2D eigenvalue weighted by atomic mass is 35.5. The van der Waals surface area contributed by atoms with Crippen molar-refractivity contribution in [2.45, 2.75) is 32.7 Å². The molecule has 3 heterocycles. The summed E-state index contributed by atoms with van der Waals surface area (Å²) in [6, 6.07) is 10.7. The van der Waals surface area contributed by atoms with Crippen LogP contribution in [0.5, 0.6) is 0 Å². The molecule has 0 radical (unpaired) electrons. The van der Waals surface area contributed by atoms with Crippen LogP contribution in [-0.2, 0) is 6.42 Å². The molecule has 1 N–H and O–H groups in total. The standard InChI is InChI=1S/C28H30ClF2N5/c1-18(2)36-10-8-35(9-11-36)7-3-4-19-12-21-13-20(5-6-26(21)32-16-19)27-28(34-17-33-27)22-14-23(29)25(31)15-24(22)30/h5-6,12-18H,3-4,7-11H2,1-2H3,(H,33,34). The van der Waals surface area contributed by atoms with E-state index in [-0.39, 0.29) is 10.6 Å². The fourth-order valence-electron chi connectivity index (χ4n) is 4.90. The first-order valence-electron chi connectivity index (χ1n) is 12.4. The molecule has 0 unspecified atom stereocenters. The van der Waals surface area contributed by atoms with Crippen LogP contribution in [0.15, 0.2) is 48.9 Å². The summed E-state index contributed by atoms with van der Waals surface area (Å²) >= 11 is 5.92. The van der Waals surface area contributed by atoms with Crippen LogP contribution in [-0.4, -0.2) is 63.5 Å². The number of aryl methyl sites for hydroxylation is 1. The molecular weight excluding hydrogens is 480 g/mol. The Labute approximate surface area is 215 Å². The molecule has 0 aliphatic carbocycles. The molecule has 2 aromatic carbocycles. The predicted octanol–water partition coefficient (Wildman–Crippen LogP) is 6.18. The van der Waals surface area contributed by atoms with Gasteiger partial charge in [0.05, 0.1) is 28.3 Å². The van der Waals surface area contributed by atoms with Crippen molar-refractivity contribution in [3.63, 3.8) is 0 Å². The number of halogens is 3. The quantitative estimate of drug-likeness (QED) is 0.302. The van der Waals surface area contributed by atoms with E-state index in [1.54, 1.807) is 0 Å². The van der Waals surface area contributed by atoms with Gasteiger partial charge in [-0.1, -0.05) is 17.7 Å². The third-order valence-electron chi connectivity index (χ3n) is 7.01. The Bertz CT molecular complexity index is 1360. The normalized spacial score (nSPS) is 15.3. The second-order valence-electron chi connectivity index (χ2n) is 9.70. The molecule has 1 aliphatic heterocycles. The first-order chi connectivity index (χ1) is 17.4. The van der Waals surface area contributed by atoms with Crippen LogP contribution in [0.1, 0.15) is 25.8 Å². The lowest BCUT2D eigenvalue weighted by Gasteiger charge is -2.36. The zero-order valence-corrected chi connectivity index (χ0v) is 21.3. The minimum Gasteiger partial charge on any atom is -0.344 e. The van der Waals surface area contributed by atoms with Gasteiger partial charge in [0.1, 0.15) is 11.6 Å². The van der Waals surface area contributed by atoms with Crippen molar-refractivity contribution in [2.75, 3.05) is 32.7 Å². The highest BCUT2D eigenvalue weighted by Gasteiger charge is 2.19. The first-order valence-corrected chi connectivity index (χ1v) is 12.8. The molecule has 0 bridgehead atoms. The number of H-pyrrole nitrogens is 1. The number of aromatic nitrogens is 3. The van der Waals surface area contributed by atoms with Crippen molar-refractivity contribution in [3.8, 4) is 22.5 Å².